The van der Waals surface area contributed by atoms with Gasteiger partial charge < -0.3 is 10.0 Å². The number of alkyl halides is 3. The average Bonchev–Trinajstić information content (AvgIpc) is 2.48. The third-order valence-corrected chi connectivity index (χ3v) is 4.37. The van der Waals surface area contributed by atoms with Crippen molar-refractivity contribution < 1.29 is 23.1 Å². The van der Waals surface area contributed by atoms with E-state index in [9.17, 15) is 23.1 Å². The van der Waals surface area contributed by atoms with Gasteiger partial charge >= 0.3 is 6.18 Å². The first kappa shape index (κ1) is 14.6. The second-order valence-electron chi connectivity index (χ2n) is 6.75. The lowest BCUT2D eigenvalue weighted by Crippen LogP contribution is -2.63. The standard InChI is InChI=1S/C13H20F3NO2/c1-11(2,3)10(18)17-6-8-4-5-9(7-17)12(8,19)13(14,15)16/h8-9,19H,4-7H2,1-3H3. The maximum Gasteiger partial charge on any atom is 0.417 e. The smallest absolute Gasteiger partial charge is 0.380 e. The maximum absolute atomic E-state index is 13.1. The fourth-order valence-corrected chi connectivity index (χ4v) is 3.35. The molecule has 1 saturated carbocycles. The normalized spacial score (nSPS) is 35.6. The fraction of sp³-hybridized carbons (Fsp3) is 0.923. The average molecular weight is 279 g/mol. The zero-order valence-corrected chi connectivity index (χ0v) is 11.4. The number of piperidine rings is 1. The van der Waals surface area contributed by atoms with Crippen LogP contribution in [0.15, 0.2) is 0 Å². The van der Waals surface area contributed by atoms with Gasteiger partial charge in [0.25, 0.3) is 0 Å². The van der Waals surface area contributed by atoms with Crippen LogP contribution >= 0.6 is 0 Å². The van der Waals surface area contributed by atoms with Crippen LogP contribution in [0.25, 0.3) is 0 Å². The number of hydrogen-bond donors (Lipinski definition) is 1. The first-order valence-corrected chi connectivity index (χ1v) is 6.56. The van der Waals surface area contributed by atoms with E-state index in [0.29, 0.717) is 12.8 Å². The van der Waals surface area contributed by atoms with Crippen molar-refractivity contribution >= 4 is 5.91 Å². The molecule has 6 heteroatoms. The van der Waals surface area contributed by atoms with Gasteiger partial charge in [0.15, 0.2) is 5.60 Å². The predicted molar refractivity (Wildman–Crippen MR) is 63.3 cm³/mol. The first-order valence-electron chi connectivity index (χ1n) is 6.56. The van der Waals surface area contributed by atoms with Crippen LogP contribution in [0.1, 0.15) is 33.6 Å². The molecule has 2 atom stereocenters. The van der Waals surface area contributed by atoms with Crippen LogP contribution in [0, 0.1) is 17.3 Å². The van der Waals surface area contributed by atoms with E-state index in [0.717, 1.165) is 0 Å². The number of carbonyl (C=O) groups excluding carboxylic acids is 1. The summed E-state index contributed by atoms with van der Waals surface area (Å²) in [5, 5.41) is 10.0. The molecule has 2 fully saturated rings. The van der Waals surface area contributed by atoms with E-state index in [1.165, 1.54) is 4.90 Å². The molecular formula is C13H20F3NO2. The van der Waals surface area contributed by atoms with E-state index < -0.39 is 29.0 Å². The lowest BCUT2D eigenvalue weighted by molar-refractivity contribution is -0.297. The fourth-order valence-electron chi connectivity index (χ4n) is 3.35. The molecule has 0 aromatic heterocycles. The van der Waals surface area contributed by atoms with E-state index in [1.807, 2.05) is 0 Å². The van der Waals surface area contributed by atoms with Gasteiger partial charge in [0.2, 0.25) is 5.91 Å². The van der Waals surface area contributed by atoms with E-state index in [2.05, 4.69) is 0 Å². The Morgan fingerprint density at radius 1 is 1.16 bits per heavy atom. The lowest BCUT2D eigenvalue weighted by Gasteiger charge is -2.46. The summed E-state index contributed by atoms with van der Waals surface area (Å²) in [4.78, 5) is 13.7. The molecule has 2 unspecified atom stereocenters. The van der Waals surface area contributed by atoms with Crippen molar-refractivity contribution in [3.63, 3.8) is 0 Å². The SMILES string of the molecule is CC(C)(C)C(=O)N1CC2CCC(C1)C2(O)C(F)(F)F. The maximum atomic E-state index is 13.1. The third kappa shape index (κ3) is 2.14. The quantitative estimate of drug-likeness (QED) is 0.738. The second kappa shape index (κ2) is 4.11. The molecule has 0 radical (unpaired) electrons. The van der Waals surface area contributed by atoms with Crippen molar-refractivity contribution in [3.8, 4) is 0 Å². The highest BCUT2D eigenvalue weighted by Crippen LogP contribution is 2.53. The van der Waals surface area contributed by atoms with Crippen molar-refractivity contribution in [1.82, 2.24) is 4.90 Å². The van der Waals surface area contributed by atoms with E-state index in [1.54, 1.807) is 20.8 Å². The molecule has 0 aromatic carbocycles. The van der Waals surface area contributed by atoms with Crippen molar-refractivity contribution in [1.29, 1.82) is 0 Å². The van der Waals surface area contributed by atoms with Gasteiger partial charge in [-0.1, -0.05) is 20.8 Å². The summed E-state index contributed by atoms with van der Waals surface area (Å²) in [5.41, 5.74) is -3.21. The van der Waals surface area contributed by atoms with Gasteiger partial charge in [0, 0.05) is 30.3 Å². The summed E-state index contributed by atoms with van der Waals surface area (Å²) in [7, 11) is 0. The topological polar surface area (TPSA) is 40.5 Å². The van der Waals surface area contributed by atoms with Gasteiger partial charge in [0.1, 0.15) is 0 Å². The van der Waals surface area contributed by atoms with Crippen molar-refractivity contribution in [2.45, 2.75) is 45.4 Å². The van der Waals surface area contributed by atoms with Gasteiger partial charge in [-0.15, -0.1) is 0 Å². The molecule has 1 N–H and O–H groups in total. The zero-order valence-electron chi connectivity index (χ0n) is 11.4. The number of aliphatic hydroxyl groups is 1. The number of fused-ring (bicyclic) bond motifs is 2. The molecule has 0 spiro atoms. The molecular weight excluding hydrogens is 259 g/mol. The molecule has 0 aromatic rings. The number of nitrogens with zero attached hydrogens (tertiary/aromatic N) is 1. The highest BCUT2D eigenvalue weighted by atomic mass is 19.4. The molecule has 1 amide bonds. The van der Waals surface area contributed by atoms with Crippen LogP contribution in [0.4, 0.5) is 13.2 Å². The minimum absolute atomic E-state index is 0.00259. The second-order valence-corrected chi connectivity index (χ2v) is 6.75. The van der Waals surface area contributed by atoms with Gasteiger partial charge in [-0.05, 0) is 12.8 Å². The Morgan fingerprint density at radius 2 is 1.58 bits per heavy atom. The van der Waals surface area contributed by atoms with Gasteiger partial charge in [-0.3, -0.25) is 4.79 Å². The lowest BCUT2D eigenvalue weighted by atomic mass is 9.78. The first-order chi connectivity index (χ1) is 8.48. The van der Waals surface area contributed by atoms with E-state index in [-0.39, 0.29) is 19.0 Å². The van der Waals surface area contributed by atoms with Crippen LogP contribution < -0.4 is 0 Å². The van der Waals surface area contributed by atoms with Crippen molar-refractivity contribution in [2.24, 2.45) is 17.3 Å². The van der Waals surface area contributed by atoms with Crippen LogP contribution in [0.2, 0.25) is 0 Å². The number of rotatable bonds is 0. The molecule has 2 aliphatic rings. The number of halogens is 3. The number of amides is 1. The Kier molecular flexibility index (Phi) is 3.16. The van der Waals surface area contributed by atoms with E-state index >= 15 is 0 Å². The highest BCUT2D eigenvalue weighted by Gasteiger charge is 2.67. The monoisotopic (exact) mass is 279 g/mol. The highest BCUT2D eigenvalue weighted by molar-refractivity contribution is 5.81. The van der Waals surface area contributed by atoms with Crippen LogP contribution in [0.3, 0.4) is 0 Å². The Balaban J connectivity index is 2.22. The molecule has 110 valence electrons. The third-order valence-electron chi connectivity index (χ3n) is 4.37. The van der Waals surface area contributed by atoms with E-state index in [4.69, 9.17) is 0 Å². The van der Waals surface area contributed by atoms with Gasteiger partial charge in [-0.25, -0.2) is 0 Å². The summed E-state index contributed by atoms with van der Waals surface area (Å²) in [5.74, 6) is -1.93. The Bertz CT molecular complexity index is 372. The van der Waals surface area contributed by atoms with Crippen LogP contribution in [-0.4, -0.2) is 40.8 Å². The number of likely N-dealkylation sites (tertiary alicyclic amines) is 1. The number of hydrogen-bond acceptors (Lipinski definition) is 2. The predicted octanol–water partition coefficient (Wildman–Crippen LogP) is 2.19. The van der Waals surface area contributed by atoms with Crippen molar-refractivity contribution in [2.75, 3.05) is 13.1 Å². The summed E-state index contributed by atoms with van der Waals surface area (Å²) in [6.45, 7) is 5.26. The summed E-state index contributed by atoms with van der Waals surface area (Å²) in [6, 6.07) is 0. The summed E-state index contributed by atoms with van der Waals surface area (Å²) in [6.07, 6.45) is -3.96. The van der Waals surface area contributed by atoms with Gasteiger partial charge in [0.05, 0.1) is 0 Å². The molecule has 19 heavy (non-hydrogen) atoms. The summed E-state index contributed by atoms with van der Waals surface area (Å²) < 4.78 is 39.2. The molecule has 1 saturated heterocycles. The largest absolute Gasteiger partial charge is 0.417 e. The molecule has 2 rings (SSSR count). The van der Waals surface area contributed by atoms with Crippen molar-refractivity contribution in [3.05, 3.63) is 0 Å². The van der Waals surface area contributed by atoms with Gasteiger partial charge in [-0.2, -0.15) is 13.2 Å². The Hall–Kier alpha value is -0.780. The minimum atomic E-state index is -4.62. The Labute approximate surface area is 110 Å². The minimum Gasteiger partial charge on any atom is -0.380 e. The zero-order chi connectivity index (χ0) is 14.6. The van der Waals surface area contributed by atoms with Crippen LogP contribution in [0.5, 0.6) is 0 Å². The number of carbonyl (C=O) groups is 1. The molecule has 1 aliphatic carbocycles. The molecule has 1 aliphatic heterocycles. The molecule has 1 heterocycles. The molecule has 3 nitrogen and oxygen atoms in total. The summed E-state index contributed by atoms with van der Waals surface area (Å²) >= 11 is 0. The van der Waals surface area contributed by atoms with Crippen LogP contribution in [-0.2, 0) is 4.79 Å². The molecule has 2 bridgehead atoms. The Morgan fingerprint density at radius 3 is 1.89 bits per heavy atom.